The number of carbonyl (C=O) groups excluding carboxylic acids is 1. The van der Waals surface area contributed by atoms with Gasteiger partial charge in [-0.05, 0) is 29.0 Å². The quantitative estimate of drug-likeness (QED) is 0.530. The molecule has 0 amide bonds. The van der Waals surface area contributed by atoms with E-state index in [1.54, 1.807) is 7.11 Å². The maximum atomic E-state index is 13.0. The highest BCUT2D eigenvalue weighted by atomic mass is 16.5. The molecule has 0 aromatic heterocycles. The Hall–Kier alpha value is -2.61. The lowest BCUT2D eigenvalue weighted by atomic mass is 9.89. The molecule has 0 atom stereocenters. The molecule has 0 unspecified atom stereocenters. The number of carbonyl (C=O) groups is 1. The molecule has 3 rings (SSSR count). The molecule has 0 fully saturated rings. The minimum atomic E-state index is 0.203. The van der Waals surface area contributed by atoms with Crippen molar-refractivity contribution in [2.45, 2.75) is 26.2 Å². The Morgan fingerprint density at radius 1 is 0.958 bits per heavy atom. The number of hydrogen-bond donors (Lipinski definition) is 0. The van der Waals surface area contributed by atoms with Crippen LogP contribution in [0.25, 0.3) is 21.9 Å². The van der Waals surface area contributed by atoms with E-state index in [0.29, 0.717) is 6.42 Å². The zero-order valence-electron chi connectivity index (χ0n) is 14.2. The van der Waals surface area contributed by atoms with E-state index >= 15 is 0 Å². The normalized spacial score (nSPS) is 10.8. The summed E-state index contributed by atoms with van der Waals surface area (Å²) in [5.41, 5.74) is 2.81. The van der Waals surface area contributed by atoms with E-state index in [2.05, 4.69) is 6.92 Å². The summed E-state index contributed by atoms with van der Waals surface area (Å²) in [5, 5.41) is 1.95. The highest BCUT2D eigenvalue weighted by Crippen LogP contribution is 2.37. The summed E-state index contributed by atoms with van der Waals surface area (Å²) in [5.74, 6) is 1.01. The first kappa shape index (κ1) is 16.3. The highest BCUT2D eigenvalue weighted by molar-refractivity contribution is 6.14. The van der Waals surface area contributed by atoms with E-state index in [0.717, 1.165) is 46.1 Å². The number of hydrogen-bond acceptors (Lipinski definition) is 2. The first-order chi connectivity index (χ1) is 11.8. The third-order valence-corrected chi connectivity index (χ3v) is 4.35. The van der Waals surface area contributed by atoms with Gasteiger partial charge in [0.15, 0.2) is 5.78 Å². The lowest BCUT2D eigenvalue weighted by molar-refractivity contribution is 0.0982. The number of fused-ring (bicyclic) bond motifs is 1. The fraction of sp³-hybridized carbons (Fsp3) is 0.227. The molecule has 0 saturated carbocycles. The summed E-state index contributed by atoms with van der Waals surface area (Å²) < 4.78 is 5.59. The maximum Gasteiger partial charge on any atom is 0.164 e. The van der Waals surface area contributed by atoms with Gasteiger partial charge in [0.1, 0.15) is 5.75 Å². The highest BCUT2D eigenvalue weighted by Gasteiger charge is 2.19. The Morgan fingerprint density at radius 3 is 2.29 bits per heavy atom. The van der Waals surface area contributed by atoms with Crippen LogP contribution in [0.2, 0.25) is 0 Å². The second-order valence-corrected chi connectivity index (χ2v) is 5.94. The van der Waals surface area contributed by atoms with Crippen LogP contribution < -0.4 is 4.74 Å². The zero-order chi connectivity index (χ0) is 16.9. The minimum absolute atomic E-state index is 0.203. The van der Waals surface area contributed by atoms with Crippen molar-refractivity contribution in [2.75, 3.05) is 7.11 Å². The number of methoxy groups -OCH3 is 1. The van der Waals surface area contributed by atoms with Gasteiger partial charge in [0.05, 0.1) is 7.11 Å². The summed E-state index contributed by atoms with van der Waals surface area (Å²) in [4.78, 5) is 13.0. The molecule has 0 N–H and O–H groups in total. The van der Waals surface area contributed by atoms with E-state index in [1.165, 1.54) is 0 Å². The van der Waals surface area contributed by atoms with Crippen LogP contribution in [0.1, 0.15) is 36.5 Å². The molecule has 0 spiro atoms. The Bertz CT molecular complexity index is 850. The van der Waals surface area contributed by atoms with Crippen LogP contribution in [-0.4, -0.2) is 12.9 Å². The van der Waals surface area contributed by atoms with Crippen molar-refractivity contribution < 1.29 is 9.53 Å². The van der Waals surface area contributed by atoms with Crippen molar-refractivity contribution in [3.05, 3.63) is 66.2 Å². The van der Waals surface area contributed by atoms with Crippen molar-refractivity contribution in [1.82, 2.24) is 0 Å². The second-order valence-electron chi connectivity index (χ2n) is 5.94. The summed E-state index contributed by atoms with van der Waals surface area (Å²) in [6.45, 7) is 2.11. The number of ketones is 1. The van der Waals surface area contributed by atoms with Crippen LogP contribution in [-0.2, 0) is 0 Å². The van der Waals surface area contributed by atoms with Crippen LogP contribution in [0.3, 0.4) is 0 Å². The molecule has 3 aromatic carbocycles. The average Bonchev–Trinajstić information content (AvgIpc) is 2.65. The molecule has 0 heterocycles. The number of unbranched alkanes of at least 4 members (excludes halogenated alkanes) is 1. The number of rotatable bonds is 6. The summed E-state index contributed by atoms with van der Waals surface area (Å²) >= 11 is 0. The predicted octanol–water partition coefficient (Wildman–Crippen LogP) is 5.89. The van der Waals surface area contributed by atoms with Gasteiger partial charge in [0.25, 0.3) is 0 Å². The fourth-order valence-corrected chi connectivity index (χ4v) is 3.12. The molecule has 0 radical (unpaired) electrons. The lowest BCUT2D eigenvalue weighted by Crippen LogP contribution is -2.04. The standard InChI is InChI=1S/C22H22O2/c1-3-4-14-20(23)22-18-13-9-8-12-17(18)21(24-2)15-19(22)16-10-6-5-7-11-16/h5-13,15H,3-4,14H2,1-2H3. The van der Waals surface area contributed by atoms with Gasteiger partial charge in [0, 0.05) is 17.4 Å². The van der Waals surface area contributed by atoms with Gasteiger partial charge in [-0.25, -0.2) is 0 Å². The largest absolute Gasteiger partial charge is 0.496 e. The van der Waals surface area contributed by atoms with Crippen LogP contribution in [0.4, 0.5) is 0 Å². The van der Waals surface area contributed by atoms with Gasteiger partial charge in [-0.15, -0.1) is 0 Å². The summed E-state index contributed by atoms with van der Waals surface area (Å²) in [6, 6.07) is 20.1. The van der Waals surface area contributed by atoms with E-state index in [1.807, 2.05) is 60.7 Å². The van der Waals surface area contributed by atoms with Gasteiger partial charge >= 0.3 is 0 Å². The molecule has 122 valence electrons. The van der Waals surface area contributed by atoms with Gasteiger partial charge in [0.2, 0.25) is 0 Å². The lowest BCUT2D eigenvalue weighted by Gasteiger charge is -2.16. The number of Topliss-reactive ketones (excluding diaryl/α,β-unsaturated/α-hetero) is 1. The predicted molar refractivity (Wildman–Crippen MR) is 99.8 cm³/mol. The van der Waals surface area contributed by atoms with Crippen molar-refractivity contribution in [3.8, 4) is 16.9 Å². The Kier molecular flexibility index (Phi) is 4.95. The van der Waals surface area contributed by atoms with Crippen LogP contribution >= 0.6 is 0 Å². The monoisotopic (exact) mass is 318 g/mol. The van der Waals surface area contributed by atoms with Crippen LogP contribution in [0.15, 0.2) is 60.7 Å². The van der Waals surface area contributed by atoms with E-state index in [9.17, 15) is 4.79 Å². The van der Waals surface area contributed by atoms with Gasteiger partial charge in [-0.2, -0.15) is 0 Å². The number of benzene rings is 3. The first-order valence-electron chi connectivity index (χ1n) is 8.44. The van der Waals surface area contributed by atoms with E-state index < -0.39 is 0 Å². The molecule has 0 saturated heterocycles. The van der Waals surface area contributed by atoms with Crippen molar-refractivity contribution in [2.24, 2.45) is 0 Å². The summed E-state index contributed by atoms with van der Waals surface area (Å²) in [6.07, 6.45) is 2.50. The Morgan fingerprint density at radius 2 is 1.62 bits per heavy atom. The smallest absolute Gasteiger partial charge is 0.164 e. The molecule has 24 heavy (non-hydrogen) atoms. The van der Waals surface area contributed by atoms with Crippen LogP contribution in [0.5, 0.6) is 5.75 Å². The Balaban J connectivity index is 2.30. The second kappa shape index (κ2) is 7.31. The molecule has 0 bridgehead atoms. The molecular formula is C22H22O2. The molecule has 2 heteroatoms. The molecule has 0 aliphatic heterocycles. The minimum Gasteiger partial charge on any atom is -0.496 e. The maximum absolute atomic E-state index is 13.0. The van der Waals surface area contributed by atoms with Gasteiger partial charge in [-0.3, -0.25) is 4.79 Å². The average molecular weight is 318 g/mol. The summed E-state index contributed by atoms with van der Waals surface area (Å²) in [7, 11) is 1.68. The molecule has 0 aliphatic carbocycles. The van der Waals surface area contributed by atoms with E-state index in [-0.39, 0.29) is 5.78 Å². The SMILES string of the molecule is CCCCC(=O)c1c(-c2ccccc2)cc(OC)c2ccccc12. The van der Waals surface area contributed by atoms with Crippen molar-refractivity contribution in [1.29, 1.82) is 0 Å². The number of ether oxygens (including phenoxy) is 1. The van der Waals surface area contributed by atoms with Gasteiger partial charge < -0.3 is 4.74 Å². The Labute approximate surface area is 143 Å². The van der Waals surface area contributed by atoms with Crippen molar-refractivity contribution in [3.63, 3.8) is 0 Å². The van der Waals surface area contributed by atoms with E-state index in [4.69, 9.17) is 4.74 Å². The van der Waals surface area contributed by atoms with Crippen molar-refractivity contribution >= 4 is 16.6 Å². The third kappa shape index (κ3) is 3.05. The first-order valence-corrected chi connectivity index (χ1v) is 8.44. The molecule has 3 aromatic rings. The van der Waals surface area contributed by atoms with Gasteiger partial charge in [-0.1, -0.05) is 67.9 Å². The van der Waals surface area contributed by atoms with Crippen LogP contribution in [0, 0.1) is 0 Å². The molecular weight excluding hydrogens is 296 g/mol. The molecule has 2 nitrogen and oxygen atoms in total. The third-order valence-electron chi connectivity index (χ3n) is 4.35. The topological polar surface area (TPSA) is 26.3 Å². The zero-order valence-corrected chi connectivity index (χ0v) is 14.2. The fourth-order valence-electron chi connectivity index (χ4n) is 3.12. The molecule has 0 aliphatic rings.